The maximum atomic E-state index is 12.9. The van der Waals surface area contributed by atoms with E-state index in [9.17, 15) is 4.48 Å². The van der Waals surface area contributed by atoms with E-state index in [1.165, 1.54) is 0 Å². The molecule has 0 atom stereocenters. The number of alkyl halides is 5. The number of rotatable bonds is 1. The smallest absolute Gasteiger partial charge is 0.230 e. The third-order valence-electron chi connectivity index (χ3n) is 1.26. The highest BCUT2D eigenvalue weighted by Gasteiger charge is 2.53. The molecule has 1 heterocycles. The second kappa shape index (κ2) is 3.66. The zero-order chi connectivity index (χ0) is 10.3. The minimum Gasteiger partial charge on any atom is -0.286 e. The largest absolute Gasteiger partial charge is 0.286 e. The number of nitrogens with one attached hydrogen (secondary N) is 1. The quantitative estimate of drug-likeness (QED) is 0.593. The number of hydrazone groups is 1. The first-order valence-corrected chi connectivity index (χ1v) is 4.84. The number of amidine groups is 1. The summed E-state index contributed by atoms with van der Waals surface area (Å²) < 4.78 is 8.81. The lowest BCUT2D eigenvalue weighted by Crippen LogP contribution is -2.44. The molecule has 0 aromatic heterocycles. The van der Waals surface area contributed by atoms with E-state index in [2.05, 4.69) is 10.5 Å². The summed E-state index contributed by atoms with van der Waals surface area (Å²) in [6, 6.07) is 0. The molecule has 76 valence electrons. The van der Waals surface area contributed by atoms with Gasteiger partial charge in [-0.25, -0.2) is 0 Å². The summed E-state index contributed by atoms with van der Waals surface area (Å²) in [6.07, 6.45) is 0. The molecular formula is C4H3Cl5FN3. The number of hydrogen-bond donors (Lipinski definition) is 1. The number of hydrogen-bond acceptors (Lipinski definition) is 3. The van der Waals surface area contributed by atoms with E-state index in [1.807, 2.05) is 0 Å². The summed E-state index contributed by atoms with van der Waals surface area (Å²) in [5.74, 6) is -0.379. The van der Waals surface area contributed by atoms with Crippen molar-refractivity contribution in [3.05, 3.63) is 0 Å². The van der Waals surface area contributed by atoms with E-state index in [-0.39, 0.29) is 17.6 Å². The van der Waals surface area contributed by atoms with Crippen LogP contribution in [0.4, 0.5) is 4.48 Å². The molecule has 0 saturated heterocycles. The third kappa shape index (κ3) is 2.18. The minimum atomic E-state index is -2.06. The van der Waals surface area contributed by atoms with Crippen molar-refractivity contribution in [1.29, 1.82) is 0 Å². The fourth-order valence-corrected chi connectivity index (χ4v) is 1.17. The van der Waals surface area contributed by atoms with Gasteiger partial charge in [0.2, 0.25) is 8.13 Å². The van der Waals surface area contributed by atoms with Crippen molar-refractivity contribution < 1.29 is 4.48 Å². The van der Waals surface area contributed by atoms with Crippen LogP contribution in [0.2, 0.25) is 0 Å². The average Bonchev–Trinajstić information content (AvgIpc) is 2.32. The molecule has 0 aliphatic carbocycles. The van der Waals surface area contributed by atoms with Crippen LogP contribution in [0.1, 0.15) is 0 Å². The van der Waals surface area contributed by atoms with Gasteiger partial charge in [-0.05, 0) is 0 Å². The van der Waals surface area contributed by atoms with Crippen molar-refractivity contribution >= 4 is 63.8 Å². The molecule has 0 saturated carbocycles. The van der Waals surface area contributed by atoms with E-state index < -0.39 is 8.13 Å². The molecule has 1 aliphatic rings. The predicted octanol–water partition coefficient (Wildman–Crippen LogP) is 2.59. The van der Waals surface area contributed by atoms with Crippen LogP contribution < -0.4 is 5.43 Å². The highest BCUT2D eigenvalue weighted by molar-refractivity contribution is 6.79. The summed E-state index contributed by atoms with van der Waals surface area (Å²) >= 11 is 27.6. The maximum absolute atomic E-state index is 12.9. The first-order valence-electron chi connectivity index (χ1n) is 2.95. The number of halogens is 6. The van der Waals surface area contributed by atoms with E-state index in [1.54, 1.807) is 0 Å². The zero-order valence-corrected chi connectivity index (χ0v) is 9.65. The first kappa shape index (κ1) is 11.7. The van der Waals surface area contributed by atoms with Crippen molar-refractivity contribution in [2.24, 2.45) is 5.10 Å². The molecule has 1 N–H and O–H groups in total. The van der Waals surface area contributed by atoms with Crippen LogP contribution in [0.3, 0.4) is 0 Å². The average molecular weight is 289 g/mol. The van der Waals surface area contributed by atoms with Gasteiger partial charge in [0.1, 0.15) is 6.67 Å². The van der Waals surface area contributed by atoms with Gasteiger partial charge >= 0.3 is 0 Å². The van der Waals surface area contributed by atoms with Gasteiger partial charge in [-0.2, -0.15) is 10.2 Å². The molecule has 9 heteroatoms. The Kier molecular flexibility index (Phi) is 3.30. The summed E-state index contributed by atoms with van der Waals surface area (Å²) in [5, 5.41) is 3.61. The van der Waals surface area contributed by atoms with E-state index in [0.29, 0.717) is 0 Å². The van der Waals surface area contributed by atoms with Gasteiger partial charge in [0.25, 0.3) is 0 Å². The Morgan fingerprint density at radius 1 is 1.31 bits per heavy atom. The van der Waals surface area contributed by atoms with Crippen LogP contribution in [0, 0.1) is 0 Å². The molecule has 0 aromatic rings. The molecule has 0 aromatic carbocycles. The molecule has 0 fully saturated rings. The van der Waals surface area contributed by atoms with E-state index >= 15 is 0 Å². The maximum Gasteiger partial charge on any atom is 0.230 e. The lowest BCUT2D eigenvalue weighted by atomic mass is 10.4. The molecular weight excluding hydrogens is 286 g/mol. The summed E-state index contributed by atoms with van der Waals surface area (Å²) in [7, 11) is 0. The van der Waals surface area contributed by atoms with Gasteiger partial charge in [0.05, 0.1) is 0 Å². The van der Waals surface area contributed by atoms with Crippen molar-refractivity contribution in [1.82, 2.24) is 10.5 Å². The van der Waals surface area contributed by atoms with E-state index in [0.717, 1.165) is 0 Å². The Labute approximate surface area is 98.6 Å². The van der Waals surface area contributed by atoms with Gasteiger partial charge in [0, 0.05) is 0 Å². The highest BCUT2D eigenvalue weighted by atomic mass is 35.6. The van der Waals surface area contributed by atoms with Crippen molar-refractivity contribution in [3.63, 3.8) is 0 Å². The molecule has 3 nitrogen and oxygen atoms in total. The van der Waals surface area contributed by atoms with Gasteiger partial charge in [-0.1, -0.05) is 62.5 Å². The second-order valence-corrected chi connectivity index (χ2v) is 5.79. The SMILES string of the molecule is FN1CNN=C1C(Cl)(Cl)C(Cl)(Cl)Cl. The van der Waals surface area contributed by atoms with Crippen molar-refractivity contribution in [2.75, 3.05) is 6.67 Å². The van der Waals surface area contributed by atoms with Gasteiger partial charge in [0.15, 0.2) is 5.84 Å². The Morgan fingerprint density at radius 2 is 1.85 bits per heavy atom. The normalized spacial score (nSPS) is 18.6. The molecule has 0 amide bonds. The molecule has 1 rings (SSSR count). The molecule has 0 bridgehead atoms. The van der Waals surface area contributed by atoms with Crippen molar-refractivity contribution in [2.45, 2.75) is 8.13 Å². The molecule has 1 aliphatic heterocycles. The van der Waals surface area contributed by atoms with Crippen LogP contribution in [0.25, 0.3) is 0 Å². The fraction of sp³-hybridized carbons (Fsp3) is 0.750. The van der Waals surface area contributed by atoms with Crippen LogP contribution in [0.15, 0.2) is 5.10 Å². The molecule has 13 heavy (non-hydrogen) atoms. The minimum absolute atomic E-state index is 0.155. The predicted molar refractivity (Wildman–Crippen MR) is 53.1 cm³/mol. The Bertz CT molecular complexity index is 236. The summed E-state index contributed by atoms with van der Waals surface area (Å²) in [6.45, 7) is -0.183. The lowest BCUT2D eigenvalue weighted by Gasteiger charge is -2.27. The topological polar surface area (TPSA) is 27.6 Å². The first-order chi connectivity index (χ1) is 5.77. The zero-order valence-electron chi connectivity index (χ0n) is 5.87. The Morgan fingerprint density at radius 3 is 2.15 bits per heavy atom. The van der Waals surface area contributed by atoms with Crippen LogP contribution in [-0.2, 0) is 0 Å². The molecule has 0 spiro atoms. The van der Waals surface area contributed by atoms with E-state index in [4.69, 9.17) is 58.0 Å². The van der Waals surface area contributed by atoms with Crippen LogP contribution in [0.5, 0.6) is 0 Å². The van der Waals surface area contributed by atoms with Gasteiger partial charge in [-0.15, -0.1) is 0 Å². The second-order valence-electron chi connectivity index (χ2n) is 2.19. The Balaban J connectivity index is 2.93. The summed E-state index contributed by atoms with van der Waals surface area (Å²) in [4.78, 5) is 0. The van der Waals surface area contributed by atoms with Crippen molar-refractivity contribution in [3.8, 4) is 0 Å². The number of nitrogens with zero attached hydrogens (tertiary/aromatic N) is 2. The van der Waals surface area contributed by atoms with Crippen LogP contribution >= 0.6 is 58.0 Å². The van der Waals surface area contributed by atoms with Gasteiger partial charge in [-0.3, -0.25) is 5.43 Å². The summed E-state index contributed by atoms with van der Waals surface area (Å²) in [5.41, 5.74) is 2.29. The van der Waals surface area contributed by atoms with Crippen LogP contribution in [-0.4, -0.2) is 25.8 Å². The fourth-order valence-electron chi connectivity index (χ4n) is 0.651. The monoisotopic (exact) mass is 287 g/mol. The highest BCUT2D eigenvalue weighted by Crippen LogP contribution is 2.47. The van der Waals surface area contributed by atoms with Gasteiger partial charge < -0.3 is 0 Å². The molecule has 0 unspecified atom stereocenters. The standard InChI is InChI=1S/C4H3Cl5FN3/c5-3(6,4(7,8)9)2-12-11-1-13(2)10/h11H,1H2. The molecule has 0 radical (unpaired) electrons. The third-order valence-corrected chi connectivity index (χ3v) is 3.60. The Hall–Kier alpha value is 0.650. The lowest BCUT2D eigenvalue weighted by molar-refractivity contribution is 0.124.